The first-order chi connectivity index (χ1) is 13.9. The van der Waals surface area contributed by atoms with Gasteiger partial charge in [0, 0.05) is 18.7 Å². The molecule has 154 valence electrons. The SMILES string of the molecule is CCNC(=S)NN=Cc1cc(Cl)c(OCc2cccc([N+](=O)[O-])c2)c(OCC)c1. The van der Waals surface area contributed by atoms with Crippen molar-refractivity contribution in [2.24, 2.45) is 5.10 Å². The predicted octanol–water partition coefficient (Wildman–Crippen LogP) is 4.04. The fraction of sp³-hybridized carbons (Fsp3) is 0.263. The van der Waals surface area contributed by atoms with Crippen LogP contribution in [0.1, 0.15) is 25.0 Å². The molecule has 0 heterocycles. The molecule has 0 bridgehead atoms. The molecule has 0 radical (unpaired) electrons. The van der Waals surface area contributed by atoms with Gasteiger partial charge in [-0.05, 0) is 49.3 Å². The third-order valence-electron chi connectivity index (χ3n) is 3.55. The van der Waals surface area contributed by atoms with Crippen LogP contribution in [0.25, 0.3) is 0 Å². The van der Waals surface area contributed by atoms with Crippen molar-refractivity contribution >= 4 is 40.8 Å². The van der Waals surface area contributed by atoms with Gasteiger partial charge in [0.15, 0.2) is 16.6 Å². The normalized spacial score (nSPS) is 10.6. The van der Waals surface area contributed by atoms with Crippen LogP contribution in [0.4, 0.5) is 5.69 Å². The Morgan fingerprint density at radius 2 is 2.10 bits per heavy atom. The molecule has 29 heavy (non-hydrogen) atoms. The Morgan fingerprint density at radius 3 is 2.79 bits per heavy atom. The van der Waals surface area contributed by atoms with Crippen molar-refractivity contribution in [3.63, 3.8) is 0 Å². The van der Waals surface area contributed by atoms with Crippen molar-refractivity contribution < 1.29 is 14.4 Å². The second-order valence-electron chi connectivity index (χ2n) is 5.71. The highest BCUT2D eigenvalue weighted by Gasteiger charge is 2.13. The van der Waals surface area contributed by atoms with E-state index in [9.17, 15) is 10.1 Å². The van der Waals surface area contributed by atoms with E-state index in [1.165, 1.54) is 12.1 Å². The Bertz CT molecular complexity index is 908. The molecule has 2 rings (SSSR count). The zero-order chi connectivity index (χ0) is 21.2. The average molecular weight is 437 g/mol. The number of nitro groups is 1. The lowest BCUT2D eigenvalue weighted by molar-refractivity contribution is -0.384. The van der Waals surface area contributed by atoms with Gasteiger partial charge in [0.25, 0.3) is 5.69 Å². The Kier molecular flexibility index (Phi) is 8.63. The van der Waals surface area contributed by atoms with Crippen LogP contribution >= 0.6 is 23.8 Å². The highest BCUT2D eigenvalue weighted by atomic mass is 35.5. The van der Waals surface area contributed by atoms with E-state index in [4.69, 9.17) is 33.3 Å². The standard InChI is InChI=1S/C19H21ClN4O4S/c1-3-21-19(29)23-22-11-14-9-16(20)18(17(10-14)27-4-2)28-12-13-6-5-7-15(8-13)24(25)26/h5-11H,3-4,12H2,1-2H3,(H2,21,23,29). The summed E-state index contributed by atoms with van der Waals surface area (Å²) in [6.07, 6.45) is 1.56. The second kappa shape index (κ2) is 11.2. The molecule has 2 aromatic rings. The van der Waals surface area contributed by atoms with Crippen molar-refractivity contribution in [2.45, 2.75) is 20.5 Å². The van der Waals surface area contributed by atoms with Gasteiger partial charge in [-0.2, -0.15) is 5.10 Å². The summed E-state index contributed by atoms with van der Waals surface area (Å²) < 4.78 is 11.4. The van der Waals surface area contributed by atoms with Crippen LogP contribution < -0.4 is 20.2 Å². The molecule has 0 unspecified atom stereocenters. The van der Waals surface area contributed by atoms with Crippen LogP contribution in [-0.2, 0) is 6.61 Å². The number of hydrazone groups is 1. The summed E-state index contributed by atoms with van der Waals surface area (Å²) >= 11 is 11.4. The van der Waals surface area contributed by atoms with Crippen molar-refractivity contribution in [3.8, 4) is 11.5 Å². The minimum Gasteiger partial charge on any atom is -0.490 e. The van der Waals surface area contributed by atoms with Gasteiger partial charge in [0.1, 0.15) is 6.61 Å². The first-order valence-electron chi connectivity index (χ1n) is 8.84. The fourth-order valence-corrected chi connectivity index (χ4v) is 2.82. The van der Waals surface area contributed by atoms with Crippen LogP contribution in [0.2, 0.25) is 5.02 Å². The summed E-state index contributed by atoms with van der Waals surface area (Å²) in [6, 6.07) is 9.63. The molecule has 8 nitrogen and oxygen atoms in total. The molecular weight excluding hydrogens is 416 g/mol. The minimum absolute atomic E-state index is 0.00299. The summed E-state index contributed by atoms with van der Waals surface area (Å²) in [5.41, 5.74) is 4.03. The lowest BCUT2D eigenvalue weighted by Crippen LogP contribution is -2.31. The molecule has 0 aliphatic rings. The predicted molar refractivity (Wildman–Crippen MR) is 117 cm³/mol. The largest absolute Gasteiger partial charge is 0.490 e. The number of hydrogen-bond donors (Lipinski definition) is 2. The van der Waals surface area contributed by atoms with E-state index >= 15 is 0 Å². The highest BCUT2D eigenvalue weighted by molar-refractivity contribution is 7.80. The number of nitrogens with zero attached hydrogens (tertiary/aromatic N) is 2. The maximum Gasteiger partial charge on any atom is 0.269 e. The van der Waals surface area contributed by atoms with E-state index in [1.807, 2.05) is 13.8 Å². The van der Waals surface area contributed by atoms with Crippen LogP contribution in [0.5, 0.6) is 11.5 Å². The molecule has 0 aromatic heterocycles. The van der Waals surface area contributed by atoms with E-state index in [0.717, 1.165) is 0 Å². The van der Waals surface area contributed by atoms with Crippen molar-refractivity contribution in [1.29, 1.82) is 0 Å². The van der Waals surface area contributed by atoms with Crippen LogP contribution in [-0.4, -0.2) is 29.4 Å². The Labute approximate surface area is 179 Å². The van der Waals surface area contributed by atoms with Gasteiger partial charge < -0.3 is 14.8 Å². The minimum atomic E-state index is -0.452. The molecule has 0 aliphatic heterocycles. The highest BCUT2D eigenvalue weighted by Crippen LogP contribution is 2.37. The summed E-state index contributed by atoms with van der Waals surface area (Å²) in [5.74, 6) is 0.800. The number of halogens is 1. The molecule has 0 aliphatic carbocycles. The third-order valence-corrected chi connectivity index (χ3v) is 4.07. The van der Waals surface area contributed by atoms with Crippen LogP contribution in [0.3, 0.4) is 0 Å². The number of rotatable bonds is 9. The summed E-state index contributed by atoms with van der Waals surface area (Å²) in [4.78, 5) is 10.5. The summed E-state index contributed by atoms with van der Waals surface area (Å²) in [6.45, 7) is 4.98. The number of nitro benzene ring substituents is 1. The van der Waals surface area contributed by atoms with Crippen molar-refractivity contribution in [3.05, 3.63) is 62.7 Å². The molecule has 10 heteroatoms. The lowest BCUT2D eigenvalue weighted by Gasteiger charge is -2.14. The maximum atomic E-state index is 10.9. The molecule has 0 saturated heterocycles. The van der Waals surface area contributed by atoms with Gasteiger partial charge >= 0.3 is 0 Å². The van der Waals surface area contributed by atoms with Gasteiger partial charge in [0.2, 0.25) is 0 Å². The number of non-ortho nitro benzene ring substituents is 1. The lowest BCUT2D eigenvalue weighted by atomic mass is 10.2. The number of nitrogens with one attached hydrogen (secondary N) is 2. The molecule has 0 amide bonds. The molecule has 0 atom stereocenters. The maximum absolute atomic E-state index is 10.9. The molecule has 0 fully saturated rings. The number of ether oxygens (including phenoxy) is 2. The van der Waals surface area contributed by atoms with Crippen molar-refractivity contribution in [2.75, 3.05) is 13.2 Å². The zero-order valence-corrected chi connectivity index (χ0v) is 17.5. The van der Waals surface area contributed by atoms with Gasteiger partial charge in [-0.15, -0.1) is 0 Å². The van der Waals surface area contributed by atoms with Crippen LogP contribution in [0.15, 0.2) is 41.5 Å². The third kappa shape index (κ3) is 6.88. The average Bonchev–Trinajstić information content (AvgIpc) is 2.68. The van der Waals surface area contributed by atoms with Crippen molar-refractivity contribution in [1.82, 2.24) is 10.7 Å². The van der Waals surface area contributed by atoms with Gasteiger partial charge in [0.05, 0.1) is 22.8 Å². The quantitative estimate of drug-likeness (QED) is 0.265. The summed E-state index contributed by atoms with van der Waals surface area (Å²) in [7, 11) is 0. The molecule has 2 aromatic carbocycles. The Morgan fingerprint density at radius 1 is 1.31 bits per heavy atom. The van der Waals surface area contributed by atoms with Crippen LogP contribution in [0, 0.1) is 10.1 Å². The number of thiocarbonyl (C=S) groups is 1. The van der Waals surface area contributed by atoms with E-state index in [-0.39, 0.29) is 12.3 Å². The molecule has 2 N–H and O–H groups in total. The smallest absolute Gasteiger partial charge is 0.269 e. The van der Waals surface area contributed by atoms with Gasteiger partial charge in [-0.1, -0.05) is 23.7 Å². The topological polar surface area (TPSA) is 98.0 Å². The zero-order valence-electron chi connectivity index (χ0n) is 16.0. The Balaban J connectivity index is 2.17. The first kappa shape index (κ1) is 22.4. The number of hydrogen-bond acceptors (Lipinski definition) is 6. The fourth-order valence-electron chi connectivity index (χ4n) is 2.35. The Hall–Kier alpha value is -2.91. The van der Waals surface area contributed by atoms with E-state index < -0.39 is 4.92 Å². The summed E-state index contributed by atoms with van der Waals surface area (Å²) in [5, 5.41) is 18.6. The molecule has 0 spiro atoms. The van der Waals surface area contributed by atoms with E-state index in [0.29, 0.717) is 45.9 Å². The van der Waals surface area contributed by atoms with Gasteiger partial charge in [-0.25, -0.2) is 0 Å². The van der Waals surface area contributed by atoms with E-state index in [2.05, 4.69) is 15.8 Å². The molecular formula is C19H21ClN4O4S. The second-order valence-corrected chi connectivity index (χ2v) is 6.52. The monoisotopic (exact) mass is 436 g/mol. The molecule has 0 saturated carbocycles. The number of benzene rings is 2. The first-order valence-corrected chi connectivity index (χ1v) is 9.62. The van der Waals surface area contributed by atoms with Gasteiger partial charge in [-0.3, -0.25) is 15.5 Å². The van der Waals surface area contributed by atoms with E-state index in [1.54, 1.807) is 30.5 Å².